The molecular formula is C13H13Cl2NS. The van der Waals surface area contributed by atoms with Gasteiger partial charge in [-0.2, -0.15) is 0 Å². The zero-order valence-corrected chi connectivity index (χ0v) is 11.7. The Morgan fingerprint density at radius 2 is 2.00 bits per heavy atom. The van der Waals surface area contributed by atoms with E-state index in [2.05, 4.69) is 19.1 Å². The molecule has 1 nitrogen and oxygen atoms in total. The van der Waals surface area contributed by atoms with Crippen LogP contribution in [0.1, 0.15) is 28.3 Å². The summed E-state index contributed by atoms with van der Waals surface area (Å²) < 4.78 is 0. The molecule has 0 spiro atoms. The third-order valence-electron chi connectivity index (χ3n) is 2.63. The van der Waals surface area contributed by atoms with Crippen LogP contribution in [0.15, 0.2) is 30.3 Å². The lowest BCUT2D eigenvalue weighted by Crippen LogP contribution is -2.10. The molecule has 2 rings (SSSR count). The van der Waals surface area contributed by atoms with E-state index in [1.165, 1.54) is 4.88 Å². The second-order valence-corrected chi connectivity index (χ2v) is 5.84. The Morgan fingerprint density at radius 1 is 1.24 bits per heavy atom. The number of hydrogen-bond acceptors (Lipinski definition) is 2. The van der Waals surface area contributed by atoms with Gasteiger partial charge in [0, 0.05) is 19.8 Å². The van der Waals surface area contributed by atoms with E-state index < -0.39 is 0 Å². The van der Waals surface area contributed by atoms with Crippen LogP contribution in [0.25, 0.3) is 0 Å². The van der Waals surface area contributed by atoms with Crippen molar-refractivity contribution in [3.8, 4) is 0 Å². The third kappa shape index (κ3) is 2.83. The highest BCUT2D eigenvalue weighted by atomic mass is 35.5. The van der Waals surface area contributed by atoms with Gasteiger partial charge >= 0.3 is 0 Å². The maximum absolute atomic E-state index is 6.22. The standard InChI is InChI=1S/C13H13Cl2NS/c1-2-9-4-6-12(17-9)13(16)10-7-8(14)3-5-11(10)15/h3-7,13H,2,16H2,1H3. The number of aryl methyl sites for hydroxylation is 1. The summed E-state index contributed by atoms with van der Waals surface area (Å²) in [6, 6.07) is 9.36. The molecule has 0 saturated carbocycles. The average molecular weight is 286 g/mol. The maximum atomic E-state index is 6.22. The van der Waals surface area contributed by atoms with Gasteiger partial charge in [0.2, 0.25) is 0 Å². The van der Waals surface area contributed by atoms with E-state index in [4.69, 9.17) is 28.9 Å². The van der Waals surface area contributed by atoms with Crippen LogP contribution in [-0.4, -0.2) is 0 Å². The van der Waals surface area contributed by atoms with Gasteiger partial charge in [0.05, 0.1) is 6.04 Å². The van der Waals surface area contributed by atoms with E-state index in [-0.39, 0.29) is 6.04 Å². The third-order valence-corrected chi connectivity index (χ3v) is 4.52. The minimum absolute atomic E-state index is 0.202. The van der Waals surface area contributed by atoms with Gasteiger partial charge in [-0.1, -0.05) is 30.1 Å². The fourth-order valence-electron chi connectivity index (χ4n) is 1.66. The molecule has 0 bridgehead atoms. The summed E-state index contributed by atoms with van der Waals surface area (Å²) in [6.07, 6.45) is 1.03. The van der Waals surface area contributed by atoms with Crippen LogP contribution in [0.4, 0.5) is 0 Å². The summed E-state index contributed by atoms with van der Waals surface area (Å²) in [5.74, 6) is 0. The molecule has 1 unspecified atom stereocenters. The van der Waals surface area contributed by atoms with Gasteiger partial charge in [-0.15, -0.1) is 11.3 Å². The van der Waals surface area contributed by atoms with Gasteiger partial charge in [0.15, 0.2) is 0 Å². The Morgan fingerprint density at radius 3 is 2.65 bits per heavy atom. The molecule has 1 aromatic heterocycles. The molecule has 0 aliphatic heterocycles. The first-order valence-corrected chi connectivity index (χ1v) is 6.98. The van der Waals surface area contributed by atoms with Crippen molar-refractivity contribution in [3.05, 3.63) is 55.7 Å². The van der Waals surface area contributed by atoms with E-state index in [0.29, 0.717) is 10.0 Å². The molecule has 1 aromatic carbocycles. The molecule has 90 valence electrons. The van der Waals surface area contributed by atoms with Crippen molar-refractivity contribution >= 4 is 34.5 Å². The van der Waals surface area contributed by atoms with Crippen LogP contribution >= 0.6 is 34.5 Å². The maximum Gasteiger partial charge on any atom is 0.0661 e. The van der Waals surface area contributed by atoms with Gasteiger partial charge in [-0.25, -0.2) is 0 Å². The highest BCUT2D eigenvalue weighted by Crippen LogP contribution is 2.32. The number of thiophene rings is 1. The predicted octanol–water partition coefficient (Wildman–Crippen LogP) is 4.67. The first-order valence-electron chi connectivity index (χ1n) is 5.41. The van der Waals surface area contributed by atoms with Gasteiger partial charge in [-0.05, 0) is 42.3 Å². The lowest BCUT2D eigenvalue weighted by molar-refractivity contribution is 0.894. The van der Waals surface area contributed by atoms with Crippen molar-refractivity contribution in [2.45, 2.75) is 19.4 Å². The topological polar surface area (TPSA) is 26.0 Å². The number of rotatable bonds is 3. The van der Waals surface area contributed by atoms with E-state index >= 15 is 0 Å². The molecule has 4 heteroatoms. The van der Waals surface area contributed by atoms with Crippen molar-refractivity contribution in [2.75, 3.05) is 0 Å². The fourth-order valence-corrected chi connectivity index (χ4v) is 3.05. The van der Waals surface area contributed by atoms with Crippen molar-refractivity contribution in [1.82, 2.24) is 0 Å². The second-order valence-electron chi connectivity index (χ2n) is 3.80. The Kier molecular flexibility index (Phi) is 4.10. The molecule has 2 aromatic rings. The van der Waals surface area contributed by atoms with Gasteiger partial charge in [0.1, 0.15) is 0 Å². The molecule has 17 heavy (non-hydrogen) atoms. The lowest BCUT2D eigenvalue weighted by Gasteiger charge is -2.12. The van der Waals surface area contributed by atoms with Crippen molar-refractivity contribution in [1.29, 1.82) is 0 Å². The minimum Gasteiger partial charge on any atom is -0.320 e. The molecule has 0 amide bonds. The molecule has 0 aliphatic carbocycles. The summed E-state index contributed by atoms with van der Waals surface area (Å²) >= 11 is 13.8. The monoisotopic (exact) mass is 285 g/mol. The average Bonchev–Trinajstić information content (AvgIpc) is 2.80. The number of halogens is 2. The number of hydrogen-bond donors (Lipinski definition) is 1. The van der Waals surface area contributed by atoms with Crippen LogP contribution in [0.2, 0.25) is 10.0 Å². The van der Waals surface area contributed by atoms with Crippen LogP contribution in [0.5, 0.6) is 0 Å². The fraction of sp³-hybridized carbons (Fsp3) is 0.231. The summed E-state index contributed by atoms with van der Waals surface area (Å²) in [5.41, 5.74) is 7.10. The zero-order chi connectivity index (χ0) is 12.4. The molecular weight excluding hydrogens is 273 g/mol. The van der Waals surface area contributed by atoms with Crippen LogP contribution in [0, 0.1) is 0 Å². The SMILES string of the molecule is CCc1ccc(C(N)c2cc(Cl)ccc2Cl)s1. The number of nitrogens with two attached hydrogens (primary N) is 1. The number of benzene rings is 1. The molecule has 2 N–H and O–H groups in total. The molecule has 0 saturated heterocycles. The van der Waals surface area contributed by atoms with Crippen molar-refractivity contribution in [3.63, 3.8) is 0 Å². The van der Waals surface area contributed by atoms with Crippen LogP contribution in [-0.2, 0) is 6.42 Å². The van der Waals surface area contributed by atoms with E-state index in [0.717, 1.165) is 16.9 Å². The zero-order valence-electron chi connectivity index (χ0n) is 9.41. The molecule has 0 aliphatic rings. The summed E-state index contributed by atoms with van der Waals surface area (Å²) in [6.45, 7) is 2.13. The van der Waals surface area contributed by atoms with Crippen molar-refractivity contribution < 1.29 is 0 Å². The highest BCUT2D eigenvalue weighted by Gasteiger charge is 2.14. The molecule has 1 atom stereocenters. The second kappa shape index (κ2) is 5.40. The van der Waals surface area contributed by atoms with Gasteiger partial charge < -0.3 is 5.73 Å². The quantitative estimate of drug-likeness (QED) is 0.872. The first kappa shape index (κ1) is 12.9. The highest BCUT2D eigenvalue weighted by molar-refractivity contribution is 7.12. The smallest absolute Gasteiger partial charge is 0.0661 e. The molecule has 0 fully saturated rings. The summed E-state index contributed by atoms with van der Waals surface area (Å²) in [5, 5.41) is 1.32. The first-order chi connectivity index (χ1) is 8.11. The minimum atomic E-state index is -0.202. The largest absolute Gasteiger partial charge is 0.320 e. The van der Waals surface area contributed by atoms with Gasteiger partial charge in [0.25, 0.3) is 0 Å². The summed E-state index contributed by atoms with van der Waals surface area (Å²) in [4.78, 5) is 2.44. The predicted molar refractivity (Wildman–Crippen MR) is 76.2 cm³/mol. The van der Waals surface area contributed by atoms with E-state index in [9.17, 15) is 0 Å². The van der Waals surface area contributed by atoms with Crippen LogP contribution < -0.4 is 5.73 Å². The normalized spacial score (nSPS) is 12.7. The Hall–Kier alpha value is -0.540. The van der Waals surface area contributed by atoms with Crippen LogP contribution in [0.3, 0.4) is 0 Å². The summed E-state index contributed by atoms with van der Waals surface area (Å²) in [7, 11) is 0. The Labute approximate surface area is 115 Å². The lowest BCUT2D eigenvalue weighted by atomic mass is 10.1. The Bertz CT molecular complexity index is 522. The van der Waals surface area contributed by atoms with Gasteiger partial charge in [-0.3, -0.25) is 0 Å². The molecule has 1 heterocycles. The van der Waals surface area contributed by atoms with E-state index in [1.54, 1.807) is 23.5 Å². The van der Waals surface area contributed by atoms with Crippen molar-refractivity contribution in [2.24, 2.45) is 5.73 Å². The molecule has 0 radical (unpaired) electrons. The van der Waals surface area contributed by atoms with E-state index in [1.807, 2.05) is 6.07 Å². The Balaban J connectivity index is 2.35.